The van der Waals surface area contributed by atoms with Gasteiger partial charge in [-0.15, -0.1) is 0 Å². The summed E-state index contributed by atoms with van der Waals surface area (Å²) in [5.41, 5.74) is 0. The van der Waals surface area contributed by atoms with E-state index in [0.717, 1.165) is 23.8 Å². The van der Waals surface area contributed by atoms with Crippen LogP contribution in [0.25, 0.3) is 0 Å². The second-order valence-corrected chi connectivity index (χ2v) is 6.75. The second-order valence-electron chi connectivity index (χ2n) is 6.75. The van der Waals surface area contributed by atoms with Gasteiger partial charge in [0.05, 0.1) is 0 Å². The fourth-order valence-corrected chi connectivity index (χ4v) is 2.93. The molecule has 0 aromatic rings. The minimum atomic E-state index is 0.891. The molecule has 2 aliphatic rings. The van der Waals surface area contributed by atoms with E-state index in [1.807, 2.05) is 0 Å². The van der Waals surface area contributed by atoms with Crippen LogP contribution in [0.5, 0.6) is 0 Å². The highest BCUT2D eigenvalue weighted by atomic mass is 14.9. The van der Waals surface area contributed by atoms with E-state index < -0.39 is 0 Å². The van der Waals surface area contributed by atoms with E-state index in [2.05, 4.69) is 19.2 Å². The minimum absolute atomic E-state index is 0.891. The summed E-state index contributed by atoms with van der Waals surface area (Å²) in [4.78, 5) is 0. The Morgan fingerprint density at radius 2 is 1.47 bits per heavy atom. The van der Waals surface area contributed by atoms with E-state index in [1.54, 1.807) is 0 Å². The first kappa shape index (κ1) is 13.4. The van der Waals surface area contributed by atoms with Crippen LogP contribution in [-0.2, 0) is 0 Å². The SMILES string of the molecule is CC(C)CCCCCCNC(C1CC1)C1CC1. The number of nitrogens with one attached hydrogen (secondary N) is 1. The van der Waals surface area contributed by atoms with Crippen LogP contribution in [0.15, 0.2) is 0 Å². The van der Waals surface area contributed by atoms with Crippen molar-refractivity contribution in [2.45, 2.75) is 77.7 Å². The Hall–Kier alpha value is -0.0400. The lowest BCUT2D eigenvalue weighted by atomic mass is 10.0. The Morgan fingerprint density at radius 1 is 0.882 bits per heavy atom. The van der Waals surface area contributed by atoms with Gasteiger partial charge in [-0.2, -0.15) is 0 Å². The Balaban J connectivity index is 1.42. The lowest BCUT2D eigenvalue weighted by Crippen LogP contribution is -2.33. The van der Waals surface area contributed by atoms with E-state index in [1.165, 1.54) is 64.3 Å². The molecule has 0 aromatic heterocycles. The Morgan fingerprint density at radius 3 is 2.00 bits per heavy atom. The average molecular weight is 237 g/mol. The van der Waals surface area contributed by atoms with E-state index in [9.17, 15) is 0 Å². The van der Waals surface area contributed by atoms with Gasteiger partial charge in [-0.1, -0.05) is 39.5 Å². The van der Waals surface area contributed by atoms with Crippen LogP contribution >= 0.6 is 0 Å². The van der Waals surface area contributed by atoms with Crippen LogP contribution in [0.4, 0.5) is 0 Å². The predicted molar refractivity (Wildman–Crippen MR) is 75.2 cm³/mol. The van der Waals surface area contributed by atoms with E-state index >= 15 is 0 Å². The summed E-state index contributed by atoms with van der Waals surface area (Å²) in [6, 6.07) is 0.908. The zero-order valence-corrected chi connectivity index (χ0v) is 11.9. The molecule has 0 radical (unpaired) electrons. The Kier molecular flexibility index (Phi) is 5.34. The lowest BCUT2D eigenvalue weighted by molar-refractivity contribution is 0.408. The molecule has 2 fully saturated rings. The molecule has 2 aliphatic carbocycles. The number of rotatable bonds is 10. The van der Waals surface area contributed by atoms with E-state index in [-0.39, 0.29) is 0 Å². The van der Waals surface area contributed by atoms with Gasteiger partial charge in [0.25, 0.3) is 0 Å². The molecule has 0 atom stereocenters. The molecule has 1 heteroatoms. The van der Waals surface area contributed by atoms with Gasteiger partial charge in [0.15, 0.2) is 0 Å². The van der Waals surface area contributed by atoms with Gasteiger partial charge in [-0.25, -0.2) is 0 Å². The van der Waals surface area contributed by atoms with Gasteiger partial charge in [-0.3, -0.25) is 0 Å². The third-order valence-corrected chi connectivity index (χ3v) is 4.35. The van der Waals surface area contributed by atoms with Crippen molar-refractivity contribution in [3.8, 4) is 0 Å². The van der Waals surface area contributed by atoms with Crippen molar-refractivity contribution in [1.29, 1.82) is 0 Å². The first-order chi connectivity index (χ1) is 8.27. The molecule has 100 valence electrons. The highest BCUT2D eigenvalue weighted by molar-refractivity contribution is 4.96. The molecular weight excluding hydrogens is 206 g/mol. The molecule has 17 heavy (non-hydrogen) atoms. The summed E-state index contributed by atoms with van der Waals surface area (Å²) in [7, 11) is 0. The average Bonchev–Trinajstić information content (AvgIpc) is 3.15. The van der Waals surface area contributed by atoms with Crippen LogP contribution in [0.1, 0.15) is 71.6 Å². The van der Waals surface area contributed by atoms with Crippen molar-refractivity contribution in [3.63, 3.8) is 0 Å². The maximum atomic E-state index is 3.84. The summed E-state index contributed by atoms with van der Waals surface area (Å²) < 4.78 is 0. The van der Waals surface area contributed by atoms with Crippen molar-refractivity contribution in [2.75, 3.05) is 6.54 Å². The first-order valence-electron chi connectivity index (χ1n) is 8.00. The van der Waals surface area contributed by atoms with Gasteiger partial charge in [0.1, 0.15) is 0 Å². The lowest BCUT2D eigenvalue weighted by Gasteiger charge is -2.17. The van der Waals surface area contributed by atoms with Gasteiger partial charge < -0.3 is 5.32 Å². The summed E-state index contributed by atoms with van der Waals surface area (Å²) in [6.07, 6.45) is 13.1. The number of hydrogen-bond acceptors (Lipinski definition) is 1. The van der Waals surface area contributed by atoms with E-state index in [0.29, 0.717) is 0 Å². The fourth-order valence-electron chi connectivity index (χ4n) is 2.93. The van der Waals surface area contributed by atoms with Gasteiger partial charge in [0.2, 0.25) is 0 Å². The topological polar surface area (TPSA) is 12.0 Å². The van der Waals surface area contributed by atoms with Gasteiger partial charge in [0, 0.05) is 6.04 Å². The summed E-state index contributed by atoms with van der Waals surface area (Å²) in [5, 5.41) is 3.84. The molecule has 0 heterocycles. The van der Waals surface area contributed by atoms with Crippen LogP contribution in [0.2, 0.25) is 0 Å². The van der Waals surface area contributed by atoms with Crippen LogP contribution in [0, 0.1) is 17.8 Å². The quantitative estimate of drug-likeness (QED) is 0.556. The van der Waals surface area contributed by atoms with Crippen LogP contribution in [0.3, 0.4) is 0 Å². The third kappa shape index (κ3) is 5.42. The third-order valence-electron chi connectivity index (χ3n) is 4.35. The smallest absolute Gasteiger partial charge is 0.0124 e. The molecule has 0 amide bonds. The molecule has 2 saturated carbocycles. The largest absolute Gasteiger partial charge is 0.313 e. The van der Waals surface area contributed by atoms with Crippen molar-refractivity contribution in [2.24, 2.45) is 17.8 Å². The number of hydrogen-bond donors (Lipinski definition) is 1. The van der Waals surface area contributed by atoms with Crippen molar-refractivity contribution < 1.29 is 0 Å². The normalized spacial score (nSPS) is 20.5. The van der Waals surface area contributed by atoms with Crippen molar-refractivity contribution >= 4 is 0 Å². The maximum absolute atomic E-state index is 3.84. The summed E-state index contributed by atoms with van der Waals surface area (Å²) in [5.74, 6) is 3.01. The molecule has 0 unspecified atom stereocenters. The first-order valence-corrected chi connectivity index (χ1v) is 8.00. The van der Waals surface area contributed by atoms with Crippen LogP contribution in [-0.4, -0.2) is 12.6 Å². The van der Waals surface area contributed by atoms with Crippen LogP contribution < -0.4 is 5.32 Å². The summed E-state index contributed by atoms with van der Waals surface area (Å²) >= 11 is 0. The predicted octanol–water partition coefficient (Wildman–Crippen LogP) is 4.37. The molecule has 0 bridgehead atoms. The van der Waals surface area contributed by atoms with Crippen molar-refractivity contribution in [3.05, 3.63) is 0 Å². The standard InChI is InChI=1S/C16H31N/c1-13(2)7-5-3-4-6-12-17-16(14-8-9-14)15-10-11-15/h13-17H,3-12H2,1-2H3. The molecule has 1 N–H and O–H groups in total. The number of unbranched alkanes of at least 4 members (excludes halogenated alkanes) is 3. The monoisotopic (exact) mass is 237 g/mol. The molecule has 0 spiro atoms. The Labute approximate surface area is 108 Å². The molecular formula is C16H31N. The molecule has 1 nitrogen and oxygen atoms in total. The van der Waals surface area contributed by atoms with E-state index in [4.69, 9.17) is 0 Å². The van der Waals surface area contributed by atoms with Gasteiger partial charge >= 0.3 is 0 Å². The maximum Gasteiger partial charge on any atom is 0.0124 e. The zero-order valence-electron chi connectivity index (χ0n) is 11.9. The molecule has 2 rings (SSSR count). The Bertz CT molecular complexity index is 192. The van der Waals surface area contributed by atoms with Crippen molar-refractivity contribution in [1.82, 2.24) is 5.32 Å². The highest BCUT2D eigenvalue weighted by Crippen LogP contribution is 2.44. The highest BCUT2D eigenvalue weighted by Gasteiger charge is 2.40. The molecule has 0 aromatic carbocycles. The molecule has 0 aliphatic heterocycles. The second kappa shape index (κ2) is 6.78. The van der Waals surface area contributed by atoms with Gasteiger partial charge in [-0.05, 0) is 56.4 Å². The fraction of sp³-hybridized carbons (Fsp3) is 1.00. The minimum Gasteiger partial charge on any atom is -0.313 e. The zero-order chi connectivity index (χ0) is 12.1. The molecule has 0 saturated heterocycles. The summed E-state index contributed by atoms with van der Waals surface area (Å²) in [6.45, 7) is 5.94.